The zero-order chi connectivity index (χ0) is 25.8. The van der Waals surface area contributed by atoms with Crippen LogP contribution < -0.4 is 4.90 Å². The SMILES string of the molecule is CCOOC(=O)CCC(CC(=O)OCC)C1CCN(C(=O)CN2CCN(c3ccncc3)CC2)CC1. The number of rotatable bonds is 12. The van der Waals surface area contributed by atoms with Crippen molar-refractivity contribution in [2.24, 2.45) is 11.8 Å². The highest BCUT2D eigenvalue weighted by molar-refractivity contribution is 5.78. The van der Waals surface area contributed by atoms with E-state index in [2.05, 4.69) is 14.8 Å². The van der Waals surface area contributed by atoms with Gasteiger partial charge in [0.1, 0.15) is 0 Å². The molecule has 3 rings (SSSR count). The van der Waals surface area contributed by atoms with Crippen molar-refractivity contribution < 1.29 is 28.9 Å². The van der Waals surface area contributed by atoms with Crippen LogP contribution in [0.15, 0.2) is 24.5 Å². The fraction of sp³-hybridized carbons (Fsp3) is 0.692. The number of piperazine rings is 1. The summed E-state index contributed by atoms with van der Waals surface area (Å²) in [7, 11) is 0. The summed E-state index contributed by atoms with van der Waals surface area (Å²) in [5.41, 5.74) is 1.17. The van der Waals surface area contributed by atoms with Crippen LogP contribution >= 0.6 is 0 Å². The van der Waals surface area contributed by atoms with E-state index in [0.717, 1.165) is 39.0 Å². The van der Waals surface area contributed by atoms with Crippen LogP contribution in [-0.2, 0) is 28.9 Å². The van der Waals surface area contributed by atoms with Crippen molar-refractivity contribution in [3.8, 4) is 0 Å². The highest BCUT2D eigenvalue weighted by atomic mass is 17.2. The molecule has 2 saturated heterocycles. The average molecular weight is 505 g/mol. The van der Waals surface area contributed by atoms with Gasteiger partial charge in [0.25, 0.3) is 0 Å². The van der Waals surface area contributed by atoms with Crippen molar-refractivity contribution in [2.45, 2.75) is 46.0 Å². The van der Waals surface area contributed by atoms with Crippen LogP contribution in [0.5, 0.6) is 0 Å². The third-order valence-corrected chi connectivity index (χ3v) is 7.04. The molecule has 0 bridgehead atoms. The van der Waals surface area contributed by atoms with Gasteiger partial charge >= 0.3 is 11.9 Å². The number of likely N-dealkylation sites (tertiary alicyclic amines) is 1. The molecular formula is C26H40N4O6. The Bertz CT molecular complexity index is 823. The largest absolute Gasteiger partial charge is 0.466 e. The van der Waals surface area contributed by atoms with E-state index < -0.39 is 5.97 Å². The molecule has 10 nitrogen and oxygen atoms in total. The van der Waals surface area contributed by atoms with E-state index in [1.807, 2.05) is 17.0 Å². The van der Waals surface area contributed by atoms with Gasteiger partial charge in [-0.15, -0.1) is 0 Å². The number of hydrogen-bond acceptors (Lipinski definition) is 9. The highest BCUT2D eigenvalue weighted by Crippen LogP contribution is 2.31. The van der Waals surface area contributed by atoms with Crippen LogP contribution in [0, 0.1) is 11.8 Å². The molecule has 0 spiro atoms. The van der Waals surface area contributed by atoms with Gasteiger partial charge in [0.05, 0.1) is 19.8 Å². The number of pyridine rings is 1. The highest BCUT2D eigenvalue weighted by Gasteiger charge is 2.31. The summed E-state index contributed by atoms with van der Waals surface area (Å²) >= 11 is 0. The molecule has 2 aliphatic heterocycles. The molecular weight excluding hydrogens is 464 g/mol. The minimum atomic E-state index is -0.428. The molecule has 1 aromatic rings. The van der Waals surface area contributed by atoms with Gasteiger partial charge < -0.3 is 14.5 Å². The number of amides is 1. The Morgan fingerprint density at radius 2 is 1.67 bits per heavy atom. The lowest BCUT2D eigenvalue weighted by atomic mass is 9.79. The number of carbonyl (C=O) groups is 3. The van der Waals surface area contributed by atoms with Gasteiger partial charge in [0, 0.05) is 70.2 Å². The van der Waals surface area contributed by atoms with E-state index >= 15 is 0 Å². The van der Waals surface area contributed by atoms with Gasteiger partial charge in [-0.25, -0.2) is 4.79 Å². The second kappa shape index (κ2) is 14.7. The molecule has 0 aliphatic carbocycles. The Labute approximate surface area is 213 Å². The molecule has 1 amide bonds. The molecule has 10 heteroatoms. The lowest BCUT2D eigenvalue weighted by Gasteiger charge is -2.39. The van der Waals surface area contributed by atoms with Crippen LogP contribution in [0.25, 0.3) is 0 Å². The van der Waals surface area contributed by atoms with Gasteiger partial charge in [-0.3, -0.25) is 24.4 Å². The van der Waals surface area contributed by atoms with E-state index in [9.17, 15) is 14.4 Å². The van der Waals surface area contributed by atoms with E-state index in [0.29, 0.717) is 39.3 Å². The fourth-order valence-electron chi connectivity index (χ4n) is 5.04. The van der Waals surface area contributed by atoms with Gasteiger partial charge in [-0.05, 0) is 57.1 Å². The summed E-state index contributed by atoms with van der Waals surface area (Å²) < 4.78 is 5.16. The van der Waals surface area contributed by atoms with Crippen LogP contribution in [-0.4, -0.2) is 91.7 Å². The predicted molar refractivity (Wildman–Crippen MR) is 134 cm³/mol. The van der Waals surface area contributed by atoms with Gasteiger partial charge in [0.2, 0.25) is 5.91 Å². The minimum absolute atomic E-state index is 0.0109. The summed E-state index contributed by atoms with van der Waals surface area (Å²) in [6, 6.07) is 4.03. The third kappa shape index (κ3) is 8.74. The maximum Gasteiger partial charge on any atom is 0.342 e. The molecule has 2 aliphatic rings. The quantitative estimate of drug-likeness (QED) is 0.241. The summed E-state index contributed by atoms with van der Waals surface area (Å²) in [6.45, 7) is 9.42. The van der Waals surface area contributed by atoms with E-state index in [1.54, 1.807) is 26.2 Å². The van der Waals surface area contributed by atoms with Crippen molar-refractivity contribution in [1.82, 2.24) is 14.8 Å². The van der Waals surface area contributed by atoms with E-state index in [1.165, 1.54) is 5.69 Å². The zero-order valence-electron chi connectivity index (χ0n) is 21.6. The normalized spacial score (nSPS) is 18.1. The molecule has 0 radical (unpaired) electrons. The summed E-state index contributed by atoms with van der Waals surface area (Å²) in [5, 5.41) is 0. The average Bonchev–Trinajstić information content (AvgIpc) is 2.91. The molecule has 0 aromatic carbocycles. The first-order chi connectivity index (χ1) is 17.5. The maximum absolute atomic E-state index is 13.0. The summed E-state index contributed by atoms with van der Waals surface area (Å²) in [6.07, 6.45) is 6.23. The first-order valence-corrected chi connectivity index (χ1v) is 13.1. The van der Waals surface area contributed by atoms with E-state index in [-0.39, 0.29) is 36.6 Å². The molecule has 1 atom stereocenters. The molecule has 1 aromatic heterocycles. The van der Waals surface area contributed by atoms with Crippen LogP contribution in [0.4, 0.5) is 5.69 Å². The number of carbonyl (C=O) groups excluding carboxylic acids is 3. The number of nitrogens with zero attached hydrogens (tertiary/aromatic N) is 4. The van der Waals surface area contributed by atoms with Crippen molar-refractivity contribution >= 4 is 23.5 Å². The van der Waals surface area contributed by atoms with Crippen molar-refractivity contribution in [2.75, 3.05) is 63.9 Å². The molecule has 1 unspecified atom stereocenters. The first kappa shape index (κ1) is 27.9. The molecule has 0 N–H and O–H groups in total. The summed E-state index contributed by atoms with van der Waals surface area (Å²) in [4.78, 5) is 57.1. The lowest BCUT2D eigenvalue weighted by Crippen LogP contribution is -2.51. The smallest absolute Gasteiger partial charge is 0.342 e. The van der Waals surface area contributed by atoms with Crippen molar-refractivity contribution in [3.05, 3.63) is 24.5 Å². The minimum Gasteiger partial charge on any atom is -0.466 e. The maximum atomic E-state index is 13.0. The van der Waals surface area contributed by atoms with Gasteiger partial charge in [-0.1, -0.05) is 0 Å². The molecule has 3 heterocycles. The number of piperidine rings is 1. The Kier molecular flexibility index (Phi) is 11.4. The Morgan fingerprint density at radius 3 is 2.31 bits per heavy atom. The summed E-state index contributed by atoms with van der Waals surface area (Å²) in [5.74, 6) is -0.250. The number of aromatic nitrogens is 1. The fourth-order valence-corrected chi connectivity index (χ4v) is 5.04. The second-order valence-electron chi connectivity index (χ2n) is 9.36. The Morgan fingerprint density at radius 1 is 0.972 bits per heavy atom. The predicted octanol–water partition coefficient (Wildman–Crippen LogP) is 2.29. The number of anilines is 1. The first-order valence-electron chi connectivity index (χ1n) is 13.1. The van der Waals surface area contributed by atoms with Gasteiger partial charge in [0.15, 0.2) is 0 Å². The van der Waals surface area contributed by atoms with Crippen LogP contribution in [0.2, 0.25) is 0 Å². The van der Waals surface area contributed by atoms with Crippen LogP contribution in [0.3, 0.4) is 0 Å². The van der Waals surface area contributed by atoms with E-state index in [4.69, 9.17) is 14.5 Å². The van der Waals surface area contributed by atoms with Crippen molar-refractivity contribution in [1.29, 1.82) is 0 Å². The Balaban J connectivity index is 1.44. The number of ether oxygens (including phenoxy) is 1. The topological polar surface area (TPSA) is 102 Å². The standard InChI is InChI=1S/C26H40N4O6/c1-3-34-26(33)19-22(5-6-25(32)36-35-4-2)21-9-13-30(14-10-21)24(31)20-28-15-17-29(18-16-28)23-7-11-27-12-8-23/h7-8,11-12,21-22H,3-6,9-10,13-20H2,1-2H3. The zero-order valence-corrected chi connectivity index (χ0v) is 21.6. The Hall–Kier alpha value is -2.72. The lowest BCUT2D eigenvalue weighted by molar-refractivity contribution is -0.269. The second-order valence-corrected chi connectivity index (χ2v) is 9.36. The third-order valence-electron chi connectivity index (χ3n) is 7.04. The number of esters is 1. The molecule has 36 heavy (non-hydrogen) atoms. The molecule has 2 fully saturated rings. The molecule has 0 saturated carbocycles. The molecule has 200 valence electrons. The van der Waals surface area contributed by atoms with Gasteiger partial charge in [-0.2, -0.15) is 4.89 Å². The monoisotopic (exact) mass is 504 g/mol. The van der Waals surface area contributed by atoms with Crippen molar-refractivity contribution in [3.63, 3.8) is 0 Å². The number of hydrogen-bond donors (Lipinski definition) is 0. The van der Waals surface area contributed by atoms with Crippen LogP contribution in [0.1, 0.15) is 46.0 Å².